The van der Waals surface area contributed by atoms with Crippen LogP contribution in [0.2, 0.25) is 0 Å². The van der Waals surface area contributed by atoms with E-state index >= 15 is 0 Å². The lowest BCUT2D eigenvalue weighted by Gasteiger charge is -2.06. The van der Waals surface area contributed by atoms with Crippen molar-refractivity contribution in [3.8, 4) is 0 Å². The minimum atomic E-state index is -0.151. The highest BCUT2D eigenvalue weighted by Gasteiger charge is 1.95. The minimum Gasteiger partial charge on any atom is -0.394 e. The van der Waals surface area contributed by atoms with Gasteiger partial charge in [0.1, 0.15) is 0 Å². The molecule has 3 heteroatoms. The molecule has 2 N–H and O–H groups in total. The van der Waals surface area contributed by atoms with Crippen molar-refractivity contribution in [2.75, 3.05) is 19.8 Å². The number of hydrogen-bond donors (Lipinski definition) is 2. The maximum atomic E-state index is 8.35. The van der Waals surface area contributed by atoms with Gasteiger partial charge in [-0.15, -0.1) is 0 Å². The zero-order chi connectivity index (χ0) is 6.41. The van der Waals surface area contributed by atoms with Gasteiger partial charge >= 0.3 is 0 Å². The average molecular weight is 152 g/mol. The molecule has 0 saturated heterocycles. The highest BCUT2D eigenvalue weighted by Crippen LogP contribution is 1.85. The van der Waals surface area contributed by atoms with Crippen LogP contribution in [0.5, 0.6) is 0 Å². The fourth-order valence-electron chi connectivity index (χ4n) is 0.307. The van der Waals surface area contributed by atoms with Crippen LogP contribution in [0.1, 0.15) is 21.8 Å². The van der Waals surface area contributed by atoms with E-state index in [1.807, 2.05) is 0 Å². The molecule has 0 aliphatic carbocycles. The predicted octanol–water partition coefficient (Wildman–Crippen LogP) is 0.648. The van der Waals surface area contributed by atoms with Gasteiger partial charge < -0.3 is 14.9 Å². The quantitative estimate of drug-likeness (QED) is 0.622. The molecule has 1 unspecified atom stereocenters. The van der Waals surface area contributed by atoms with Crippen LogP contribution in [0.3, 0.4) is 0 Å². The van der Waals surface area contributed by atoms with Gasteiger partial charge in [-0.3, -0.25) is 0 Å². The molecule has 0 fully saturated rings. The van der Waals surface area contributed by atoms with Crippen LogP contribution in [0.15, 0.2) is 0 Å². The van der Waals surface area contributed by atoms with Crippen LogP contribution < -0.4 is 0 Å². The molecule has 0 radical (unpaired) electrons. The second kappa shape index (κ2) is 11.6. The van der Waals surface area contributed by atoms with E-state index in [9.17, 15) is 0 Å². The summed E-state index contributed by atoms with van der Waals surface area (Å²) in [5.74, 6) is 0. The van der Waals surface area contributed by atoms with Crippen LogP contribution in [0, 0.1) is 0 Å². The van der Waals surface area contributed by atoms with Gasteiger partial charge in [0, 0.05) is 0 Å². The molecule has 0 aliphatic heterocycles. The van der Waals surface area contributed by atoms with Crippen molar-refractivity contribution >= 4 is 0 Å². The van der Waals surface area contributed by atoms with Crippen molar-refractivity contribution in [1.29, 1.82) is 0 Å². The van der Waals surface area contributed by atoms with Gasteiger partial charge in [-0.25, -0.2) is 0 Å². The number of aliphatic hydroxyl groups is 2. The number of hydrogen-bond acceptors (Lipinski definition) is 3. The van der Waals surface area contributed by atoms with Crippen LogP contribution in [-0.2, 0) is 4.74 Å². The first kappa shape index (κ1) is 16.5. The summed E-state index contributed by atoms with van der Waals surface area (Å²) in [6, 6.07) is 0. The first-order valence-electron chi connectivity index (χ1n) is 2.64. The van der Waals surface area contributed by atoms with Crippen molar-refractivity contribution in [3.05, 3.63) is 0 Å². The second-order valence-electron chi connectivity index (χ2n) is 1.59. The lowest BCUT2D eigenvalue weighted by Crippen LogP contribution is -2.14. The predicted molar refractivity (Wildman–Crippen MR) is 43.0 cm³/mol. The van der Waals surface area contributed by atoms with E-state index in [1.165, 1.54) is 0 Å². The lowest BCUT2D eigenvalue weighted by molar-refractivity contribution is 0.00729. The Labute approximate surface area is 63.6 Å². The summed E-state index contributed by atoms with van der Waals surface area (Å²) in [5.41, 5.74) is 0. The Morgan fingerprint density at radius 2 is 1.80 bits per heavy atom. The van der Waals surface area contributed by atoms with E-state index in [1.54, 1.807) is 6.92 Å². The Hall–Kier alpha value is -0.120. The van der Waals surface area contributed by atoms with Crippen molar-refractivity contribution < 1.29 is 14.9 Å². The van der Waals surface area contributed by atoms with Crippen molar-refractivity contribution in [2.45, 2.75) is 27.9 Å². The normalized spacial score (nSPS) is 11.1. The van der Waals surface area contributed by atoms with Crippen LogP contribution in [-0.4, -0.2) is 36.1 Å². The van der Waals surface area contributed by atoms with Gasteiger partial charge in [0.2, 0.25) is 0 Å². The van der Waals surface area contributed by atoms with Gasteiger partial charge in [-0.1, -0.05) is 14.9 Å². The Morgan fingerprint density at radius 3 is 2.10 bits per heavy atom. The summed E-state index contributed by atoms with van der Waals surface area (Å²) in [5, 5.41) is 16.6. The summed E-state index contributed by atoms with van der Waals surface area (Å²) < 4.78 is 4.84. The molecular formula is C7H20O3. The third-order valence-corrected chi connectivity index (χ3v) is 0.751. The average Bonchev–Trinajstić information content (AvgIpc) is 1.83. The van der Waals surface area contributed by atoms with Crippen molar-refractivity contribution in [3.63, 3.8) is 0 Å². The first-order valence-corrected chi connectivity index (χ1v) is 2.64. The Balaban J connectivity index is -0.000000245. The smallest absolute Gasteiger partial charge is 0.0778 e. The molecular weight excluding hydrogens is 132 g/mol. The van der Waals surface area contributed by atoms with Gasteiger partial charge in [0.15, 0.2) is 0 Å². The largest absolute Gasteiger partial charge is 0.394 e. The molecule has 10 heavy (non-hydrogen) atoms. The maximum Gasteiger partial charge on any atom is 0.0778 e. The van der Waals surface area contributed by atoms with Gasteiger partial charge in [-0.2, -0.15) is 0 Å². The fourth-order valence-corrected chi connectivity index (χ4v) is 0.307. The first-order chi connectivity index (χ1) is 3.81. The Morgan fingerprint density at radius 1 is 1.30 bits per heavy atom. The zero-order valence-corrected chi connectivity index (χ0v) is 5.00. The second-order valence-corrected chi connectivity index (χ2v) is 1.59. The fraction of sp³-hybridized carbons (Fsp3) is 1.00. The molecule has 0 bridgehead atoms. The highest BCUT2D eigenvalue weighted by atomic mass is 16.5. The van der Waals surface area contributed by atoms with Crippen LogP contribution >= 0.6 is 0 Å². The molecule has 0 aromatic rings. The van der Waals surface area contributed by atoms with Crippen molar-refractivity contribution in [2.24, 2.45) is 0 Å². The molecule has 1 atom stereocenters. The van der Waals surface area contributed by atoms with Gasteiger partial charge in [0.25, 0.3) is 0 Å². The molecule has 0 aromatic carbocycles. The minimum absolute atomic E-state index is 0. The Bertz CT molecular complexity index is 48.1. The highest BCUT2D eigenvalue weighted by molar-refractivity contribution is 4.42. The topological polar surface area (TPSA) is 49.7 Å². The SMILES string of the molecule is C.C.CC(CO)OCCO. The lowest BCUT2D eigenvalue weighted by atomic mass is 10.4. The molecule has 0 heterocycles. The van der Waals surface area contributed by atoms with Crippen LogP contribution in [0.4, 0.5) is 0 Å². The molecule has 0 amide bonds. The van der Waals surface area contributed by atoms with E-state index in [4.69, 9.17) is 14.9 Å². The van der Waals surface area contributed by atoms with Crippen LogP contribution in [0.25, 0.3) is 0 Å². The number of aliphatic hydroxyl groups excluding tert-OH is 2. The number of ether oxygens (including phenoxy) is 1. The zero-order valence-electron chi connectivity index (χ0n) is 5.00. The van der Waals surface area contributed by atoms with E-state index in [2.05, 4.69) is 0 Å². The maximum absolute atomic E-state index is 8.35. The molecule has 0 aromatic heterocycles. The van der Waals surface area contributed by atoms with E-state index in [0.29, 0.717) is 6.61 Å². The van der Waals surface area contributed by atoms with Gasteiger partial charge in [-0.05, 0) is 6.92 Å². The third kappa shape index (κ3) is 10.8. The van der Waals surface area contributed by atoms with Gasteiger partial charge in [0.05, 0.1) is 25.9 Å². The van der Waals surface area contributed by atoms with E-state index in [0.717, 1.165) is 0 Å². The molecule has 0 saturated carbocycles. The third-order valence-electron chi connectivity index (χ3n) is 0.751. The van der Waals surface area contributed by atoms with E-state index in [-0.39, 0.29) is 34.2 Å². The summed E-state index contributed by atoms with van der Waals surface area (Å²) in [6.45, 7) is 2.09. The molecule has 0 aliphatic rings. The van der Waals surface area contributed by atoms with E-state index < -0.39 is 0 Å². The molecule has 0 spiro atoms. The summed E-state index contributed by atoms with van der Waals surface area (Å²) in [7, 11) is 0. The Kier molecular flexibility index (Phi) is 19.2. The molecule has 66 valence electrons. The monoisotopic (exact) mass is 152 g/mol. The molecule has 3 nitrogen and oxygen atoms in total. The standard InChI is InChI=1S/C5H12O3.2CH4/c1-5(4-7)8-3-2-6;;/h5-7H,2-4H2,1H3;2*1H4. The summed E-state index contributed by atoms with van der Waals surface area (Å²) in [4.78, 5) is 0. The van der Waals surface area contributed by atoms with Crippen molar-refractivity contribution in [1.82, 2.24) is 0 Å². The number of rotatable bonds is 4. The molecule has 0 rings (SSSR count). The summed E-state index contributed by atoms with van der Waals surface area (Å²) in [6.07, 6.45) is -0.151. The summed E-state index contributed by atoms with van der Waals surface area (Å²) >= 11 is 0.